The Balaban J connectivity index is 1.33. The molecule has 3 aliphatic rings. The van der Waals surface area contributed by atoms with Gasteiger partial charge in [-0.1, -0.05) is 6.07 Å². The smallest absolute Gasteiger partial charge is 0.392 e. The summed E-state index contributed by atoms with van der Waals surface area (Å²) in [4.78, 5) is 15.4. The van der Waals surface area contributed by atoms with Crippen LogP contribution in [0.25, 0.3) is 0 Å². The zero-order valence-electron chi connectivity index (χ0n) is 22.1. The molecule has 13 heteroatoms. The van der Waals surface area contributed by atoms with Gasteiger partial charge < -0.3 is 15.0 Å². The number of carbonyl (C=O) groups is 1. The van der Waals surface area contributed by atoms with Crippen molar-refractivity contribution in [3.63, 3.8) is 0 Å². The molecule has 7 nitrogen and oxygen atoms in total. The van der Waals surface area contributed by atoms with E-state index in [0.29, 0.717) is 29.9 Å². The van der Waals surface area contributed by atoms with E-state index in [4.69, 9.17) is 4.74 Å². The zero-order chi connectivity index (χ0) is 29.4. The standard InChI is InChI=1S/C28H30F5N3O4S/c29-25(30)18-14-22(15-18)41(38,39)35-20-4-5-23(24(17-20)36-11-8-27(6-7-27)9-12-36)26(37)34-19-2-1-3-21(16-19)40-13-10-28(31,32)33/h1-5,16-17,22,35H,6-15H2,(H,34,37). The molecule has 0 bridgehead atoms. The first kappa shape index (κ1) is 29.2. The minimum Gasteiger partial charge on any atom is -0.493 e. The number of benzene rings is 2. The van der Waals surface area contributed by atoms with Crippen molar-refractivity contribution in [2.75, 3.05) is 34.6 Å². The van der Waals surface area contributed by atoms with Crippen LogP contribution < -0.4 is 19.7 Å². The lowest BCUT2D eigenvalue weighted by molar-refractivity contribution is -0.139. The highest BCUT2D eigenvalue weighted by Crippen LogP contribution is 2.54. The highest BCUT2D eigenvalue weighted by Gasteiger charge is 2.45. The van der Waals surface area contributed by atoms with Crippen LogP contribution in [-0.2, 0) is 10.0 Å². The molecule has 2 saturated carbocycles. The Labute approximate surface area is 234 Å². The topological polar surface area (TPSA) is 87.7 Å². The number of sulfonamides is 1. The van der Waals surface area contributed by atoms with Gasteiger partial charge in [0.05, 0.1) is 35.2 Å². The lowest BCUT2D eigenvalue weighted by Crippen LogP contribution is -2.36. The fourth-order valence-corrected chi connectivity index (χ4v) is 6.67. The lowest BCUT2D eigenvalue weighted by atomic mass is 9.93. The normalized spacial score (nSPS) is 19.9. The summed E-state index contributed by atoms with van der Waals surface area (Å²) in [5, 5.41) is 1.79. The van der Waals surface area contributed by atoms with Crippen molar-refractivity contribution < 1.29 is 39.9 Å². The molecular formula is C28H30F5N3O4S. The molecule has 1 amide bonds. The summed E-state index contributed by atoms with van der Waals surface area (Å²) in [6, 6.07) is 10.6. The van der Waals surface area contributed by atoms with Gasteiger partial charge >= 0.3 is 6.18 Å². The van der Waals surface area contributed by atoms with Crippen molar-refractivity contribution in [2.45, 2.75) is 56.4 Å². The fraction of sp³-hybridized carbons (Fsp3) is 0.464. The minimum absolute atomic E-state index is 0.162. The van der Waals surface area contributed by atoms with Crippen molar-refractivity contribution >= 4 is 33.0 Å². The van der Waals surface area contributed by atoms with Gasteiger partial charge in [0.2, 0.25) is 10.0 Å². The molecule has 41 heavy (non-hydrogen) atoms. The maximum absolute atomic E-state index is 13.4. The van der Waals surface area contributed by atoms with Gasteiger partial charge in [-0.15, -0.1) is 0 Å². The number of carbonyl (C=O) groups excluding carboxylic acids is 1. The minimum atomic E-state index is -4.35. The van der Waals surface area contributed by atoms with E-state index < -0.39 is 46.5 Å². The fourth-order valence-electron chi connectivity index (χ4n) is 5.21. The molecule has 2 aromatic carbocycles. The van der Waals surface area contributed by atoms with Crippen molar-refractivity contribution in [1.29, 1.82) is 0 Å². The highest BCUT2D eigenvalue weighted by molar-refractivity contribution is 7.93. The largest absolute Gasteiger partial charge is 0.493 e. The number of hydrogen-bond donors (Lipinski definition) is 2. The van der Waals surface area contributed by atoms with Crippen LogP contribution in [0.15, 0.2) is 54.1 Å². The summed E-state index contributed by atoms with van der Waals surface area (Å²) < 4.78 is 96.1. The number of nitrogens with zero attached hydrogens (tertiary/aromatic N) is 1. The van der Waals surface area contributed by atoms with Gasteiger partial charge in [0.1, 0.15) is 5.75 Å². The molecule has 1 heterocycles. The molecular weight excluding hydrogens is 569 g/mol. The van der Waals surface area contributed by atoms with E-state index in [9.17, 15) is 35.2 Å². The number of hydrogen-bond acceptors (Lipinski definition) is 5. The second-order valence-electron chi connectivity index (χ2n) is 11.0. The quantitative estimate of drug-likeness (QED) is 0.313. The predicted octanol–water partition coefficient (Wildman–Crippen LogP) is 6.71. The highest BCUT2D eigenvalue weighted by atomic mass is 32.2. The predicted molar refractivity (Wildman–Crippen MR) is 145 cm³/mol. The van der Waals surface area contributed by atoms with E-state index >= 15 is 0 Å². The monoisotopic (exact) mass is 599 g/mol. The molecule has 222 valence electrons. The van der Waals surface area contributed by atoms with Gasteiger partial charge in [-0.25, -0.2) is 8.42 Å². The van der Waals surface area contributed by atoms with Gasteiger partial charge in [-0.2, -0.15) is 22.0 Å². The third-order valence-electron chi connectivity index (χ3n) is 8.02. The first-order chi connectivity index (χ1) is 19.3. The summed E-state index contributed by atoms with van der Waals surface area (Å²) in [6.07, 6.45) is -3.49. The number of anilines is 3. The Hall–Kier alpha value is -3.35. The Morgan fingerprint density at radius 3 is 2.34 bits per heavy atom. The van der Waals surface area contributed by atoms with Crippen LogP contribution in [-0.4, -0.2) is 45.4 Å². The Kier molecular flexibility index (Phi) is 7.92. The molecule has 5 rings (SSSR count). The number of amides is 1. The van der Waals surface area contributed by atoms with Crippen molar-refractivity contribution in [1.82, 2.24) is 0 Å². The number of halogens is 5. The van der Waals surface area contributed by atoms with E-state index in [1.807, 2.05) is 4.90 Å². The van der Waals surface area contributed by atoms with Crippen molar-refractivity contribution in [3.8, 4) is 5.75 Å². The summed E-state index contributed by atoms with van der Waals surface area (Å²) in [5.74, 6) is -0.315. The first-order valence-electron chi connectivity index (χ1n) is 13.4. The average molecular weight is 600 g/mol. The number of ether oxygens (including phenoxy) is 1. The molecule has 0 unspecified atom stereocenters. The second-order valence-corrected chi connectivity index (χ2v) is 12.9. The molecule has 0 aromatic heterocycles. The van der Waals surface area contributed by atoms with Crippen LogP contribution >= 0.6 is 0 Å². The number of piperidine rings is 1. The van der Waals surface area contributed by atoms with Crippen LogP contribution in [0.3, 0.4) is 0 Å². The average Bonchev–Trinajstić information content (AvgIpc) is 3.61. The lowest BCUT2D eigenvalue weighted by Gasteiger charge is -2.35. The SMILES string of the molecule is O=C(Nc1cccc(OCCC(F)(F)F)c1)c1ccc(NS(=O)(=O)C2CC(=C(F)F)C2)cc1N1CCC2(CC1)CC2. The molecule has 0 radical (unpaired) electrons. The van der Waals surface area contributed by atoms with E-state index in [-0.39, 0.29) is 35.4 Å². The zero-order valence-corrected chi connectivity index (χ0v) is 22.9. The Morgan fingerprint density at radius 2 is 1.71 bits per heavy atom. The number of nitrogens with one attached hydrogen (secondary N) is 2. The van der Waals surface area contributed by atoms with Crippen LogP contribution in [0.5, 0.6) is 5.75 Å². The van der Waals surface area contributed by atoms with E-state index in [1.165, 1.54) is 37.1 Å². The summed E-state index contributed by atoms with van der Waals surface area (Å²) in [7, 11) is -3.92. The first-order valence-corrected chi connectivity index (χ1v) is 14.9. The van der Waals surface area contributed by atoms with Crippen LogP contribution in [0, 0.1) is 5.41 Å². The van der Waals surface area contributed by atoms with Gasteiger partial charge in [-0.05, 0) is 79.8 Å². The number of rotatable bonds is 9. The third-order valence-corrected chi connectivity index (χ3v) is 9.76. The van der Waals surface area contributed by atoms with E-state index in [0.717, 1.165) is 12.8 Å². The summed E-state index contributed by atoms with van der Waals surface area (Å²) in [5.41, 5.74) is 1.55. The van der Waals surface area contributed by atoms with Crippen LogP contribution in [0.1, 0.15) is 55.3 Å². The van der Waals surface area contributed by atoms with Crippen LogP contribution in [0.4, 0.5) is 39.0 Å². The molecule has 1 spiro atoms. The Bertz CT molecular complexity index is 1430. The maximum Gasteiger partial charge on any atom is 0.392 e. The summed E-state index contributed by atoms with van der Waals surface area (Å²) >= 11 is 0. The van der Waals surface area contributed by atoms with Gasteiger partial charge in [0.25, 0.3) is 12.0 Å². The molecule has 1 aliphatic heterocycles. The molecule has 1 saturated heterocycles. The van der Waals surface area contributed by atoms with Gasteiger partial charge in [0, 0.05) is 24.8 Å². The molecule has 2 N–H and O–H groups in total. The summed E-state index contributed by atoms with van der Waals surface area (Å²) in [6.45, 7) is 0.817. The number of allylic oxidation sites excluding steroid dienone is 1. The molecule has 2 aliphatic carbocycles. The van der Waals surface area contributed by atoms with Gasteiger partial charge in [-0.3, -0.25) is 9.52 Å². The van der Waals surface area contributed by atoms with E-state index in [1.54, 1.807) is 18.2 Å². The number of alkyl halides is 3. The van der Waals surface area contributed by atoms with Crippen molar-refractivity contribution in [3.05, 3.63) is 59.7 Å². The maximum atomic E-state index is 13.4. The van der Waals surface area contributed by atoms with Crippen LogP contribution in [0.2, 0.25) is 0 Å². The Morgan fingerprint density at radius 1 is 1.00 bits per heavy atom. The van der Waals surface area contributed by atoms with Gasteiger partial charge in [0.15, 0.2) is 0 Å². The van der Waals surface area contributed by atoms with Crippen molar-refractivity contribution in [2.24, 2.45) is 5.41 Å². The molecule has 2 aromatic rings. The third kappa shape index (κ3) is 7.11. The molecule has 0 atom stereocenters. The molecule has 3 fully saturated rings. The van der Waals surface area contributed by atoms with E-state index in [2.05, 4.69) is 10.0 Å². The second kappa shape index (κ2) is 11.1.